The molecular weight excluding hydrogens is 608 g/mol. The molecule has 5 amide bonds. The highest BCUT2D eigenvalue weighted by atomic mass is 32.2. The molecule has 5 atom stereocenters. The van der Waals surface area contributed by atoms with Crippen LogP contribution < -0.4 is 27.0 Å². The molecule has 266 valence electrons. The molecule has 0 aromatic rings. The first-order chi connectivity index (χ1) is 21.5. The molecule has 2 saturated heterocycles. The largest absolute Gasteiger partial charge is 0.363 e. The summed E-state index contributed by atoms with van der Waals surface area (Å²) in [5.74, 6) is -2.44. The molecule has 46 heavy (non-hydrogen) atoms. The summed E-state index contributed by atoms with van der Waals surface area (Å²) in [6, 6.07) is -3.38. The van der Waals surface area contributed by atoms with Crippen molar-refractivity contribution in [2.75, 3.05) is 31.6 Å². The summed E-state index contributed by atoms with van der Waals surface area (Å²) in [7, 11) is -1.14. The van der Waals surface area contributed by atoms with Crippen molar-refractivity contribution in [3.05, 3.63) is 0 Å². The third-order valence-electron chi connectivity index (χ3n) is 8.67. The average Bonchev–Trinajstić information content (AvgIpc) is 3.78. The number of nitrogens with zero attached hydrogens (tertiary/aromatic N) is 1. The molecule has 0 aromatic heterocycles. The highest BCUT2D eigenvalue weighted by molar-refractivity contribution is 7.84. The number of carbonyl (C=O) groups excluding carboxylic acids is 5. The molecule has 0 radical (unpaired) electrons. The first kappa shape index (κ1) is 41.5. The van der Waals surface area contributed by atoms with Gasteiger partial charge in [0.1, 0.15) is 12.1 Å². The van der Waals surface area contributed by atoms with Gasteiger partial charge in [0, 0.05) is 42.4 Å². The van der Waals surface area contributed by atoms with Gasteiger partial charge in [-0.15, -0.1) is 0 Å². The summed E-state index contributed by atoms with van der Waals surface area (Å²) in [5.41, 5.74) is 3.93. The molecule has 13 heteroatoms. The van der Waals surface area contributed by atoms with Crippen molar-refractivity contribution in [1.29, 1.82) is 0 Å². The maximum Gasteiger partial charge on any atom is 0.315 e. The standard InChI is InChI=1S/C31H57N5O6S.C2H5N/c1-9-13-17-31(16-10-2,20-43(8)42)35-29(41)34-25(30(5,6)7)28(40)36-18-14-15-23(36)27(39)33-22(24(37)26(32)38)19-21(11-3)12-4;1-2-3-1/h21-23,25H,9-20H2,1-8H3,(H2,32,38)(H,33,39)(H2,34,35,41);3H,1-2H2/t22?,23-,25?,31?,43?;/m0./s1. The average molecular weight is 671 g/mol. The number of rotatable bonds is 18. The number of nitrogens with two attached hydrogens (primary N) is 1. The van der Waals surface area contributed by atoms with Crippen molar-refractivity contribution < 1.29 is 28.2 Å². The lowest BCUT2D eigenvalue weighted by molar-refractivity contribution is -0.143. The summed E-state index contributed by atoms with van der Waals surface area (Å²) >= 11 is 0. The predicted molar refractivity (Wildman–Crippen MR) is 183 cm³/mol. The molecule has 6 N–H and O–H groups in total. The van der Waals surface area contributed by atoms with Gasteiger partial charge in [0.15, 0.2) is 0 Å². The quantitative estimate of drug-likeness (QED) is 0.109. The van der Waals surface area contributed by atoms with E-state index in [1.807, 2.05) is 41.5 Å². The second kappa shape index (κ2) is 20.0. The molecule has 0 saturated carbocycles. The van der Waals surface area contributed by atoms with Gasteiger partial charge in [-0.2, -0.15) is 0 Å². The molecule has 0 bridgehead atoms. The van der Waals surface area contributed by atoms with E-state index >= 15 is 0 Å². The van der Waals surface area contributed by atoms with Crippen molar-refractivity contribution >= 4 is 40.3 Å². The highest BCUT2D eigenvalue weighted by Gasteiger charge is 2.43. The maximum atomic E-state index is 14.0. The SMILES string of the molecule is C1CN1.CCCCC(CCC)(CS(C)=O)NC(=O)NC(C(=O)N1CCC[C@H]1C(=O)NC(CC(CC)CC)C(=O)C(N)=O)C(C)(C)C. The molecule has 0 spiro atoms. The van der Waals surface area contributed by atoms with E-state index in [1.165, 1.54) is 18.0 Å². The Balaban J connectivity index is 0.00000331. The van der Waals surface area contributed by atoms with E-state index in [4.69, 9.17) is 5.73 Å². The second-order valence-corrected chi connectivity index (χ2v) is 15.3. The van der Waals surface area contributed by atoms with Gasteiger partial charge in [-0.05, 0) is 43.4 Å². The van der Waals surface area contributed by atoms with E-state index in [-0.39, 0.29) is 12.3 Å². The molecule has 2 heterocycles. The van der Waals surface area contributed by atoms with E-state index in [9.17, 15) is 28.2 Å². The molecule has 0 aliphatic carbocycles. The number of ketones is 1. The number of amides is 5. The van der Waals surface area contributed by atoms with E-state index in [1.54, 1.807) is 6.26 Å². The van der Waals surface area contributed by atoms with Crippen LogP contribution in [0, 0.1) is 11.3 Å². The zero-order valence-corrected chi connectivity index (χ0v) is 30.4. The topological polar surface area (TPSA) is 190 Å². The van der Waals surface area contributed by atoms with Gasteiger partial charge in [-0.25, -0.2) is 4.79 Å². The Morgan fingerprint density at radius 1 is 0.978 bits per heavy atom. The number of Topliss-reactive ketones (excluding diaryl/α,β-unsaturated/α-hetero) is 1. The second-order valence-electron chi connectivity index (χ2n) is 13.9. The number of nitrogens with one attached hydrogen (secondary N) is 4. The normalized spacial score (nSPS) is 19.2. The predicted octanol–water partition coefficient (Wildman–Crippen LogP) is 2.75. The molecule has 2 aliphatic rings. The van der Waals surface area contributed by atoms with E-state index < -0.39 is 69.4 Å². The first-order valence-corrected chi connectivity index (χ1v) is 18.8. The minimum atomic E-state index is -1.14. The zero-order valence-electron chi connectivity index (χ0n) is 29.6. The summed E-state index contributed by atoms with van der Waals surface area (Å²) in [4.78, 5) is 66.7. The number of carbonyl (C=O) groups is 5. The van der Waals surface area contributed by atoms with Gasteiger partial charge < -0.3 is 31.9 Å². The van der Waals surface area contributed by atoms with Gasteiger partial charge in [0.25, 0.3) is 5.91 Å². The third-order valence-corrected chi connectivity index (χ3v) is 9.63. The van der Waals surface area contributed by atoms with Crippen LogP contribution in [0.5, 0.6) is 0 Å². The number of hydrogen-bond acceptors (Lipinski definition) is 7. The smallest absolute Gasteiger partial charge is 0.315 e. The Kier molecular flexibility index (Phi) is 18.0. The van der Waals surface area contributed by atoms with Crippen molar-refractivity contribution in [3.63, 3.8) is 0 Å². The molecule has 2 fully saturated rings. The van der Waals surface area contributed by atoms with Crippen LogP contribution in [-0.4, -0.2) is 94.0 Å². The van der Waals surface area contributed by atoms with Crippen LogP contribution >= 0.6 is 0 Å². The molecule has 2 aliphatic heterocycles. The Morgan fingerprint density at radius 3 is 2.04 bits per heavy atom. The zero-order chi connectivity index (χ0) is 35.1. The first-order valence-electron chi connectivity index (χ1n) is 17.1. The van der Waals surface area contributed by atoms with Gasteiger partial charge in [-0.3, -0.25) is 23.4 Å². The lowest BCUT2D eigenvalue weighted by Crippen LogP contribution is -2.62. The van der Waals surface area contributed by atoms with Gasteiger partial charge >= 0.3 is 6.03 Å². The molecule has 0 aromatic carbocycles. The summed E-state index contributed by atoms with van der Waals surface area (Å²) in [6.45, 7) is 16.4. The Labute approximate surface area is 279 Å². The monoisotopic (exact) mass is 670 g/mol. The van der Waals surface area contributed by atoms with Crippen molar-refractivity contribution in [1.82, 2.24) is 26.2 Å². The van der Waals surface area contributed by atoms with Crippen LogP contribution in [0.15, 0.2) is 0 Å². The number of likely N-dealkylation sites (tertiary alicyclic amines) is 1. The number of primary amides is 1. The maximum absolute atomic E-state index is 14.0. The van der Waals surface area contributed by atoms with Crippen molar-refractivity contribution in [3.8, 4) is 0 Å². The van der Waals surface area contributed by atoms with Gasteiger partial charge in [0.05, 0.1) is 11.6 Å². The van der Waals surface area contributed by atoms with Crippen LogP contribution in [0.1, 0.15) is 113 Å². The number of hydrogen-bond donors (Lipinski definition) is 5. The minimum absolute atomic E-state index is 0.116. The van der Waals surface area contributed by atoms with E-state index in [2.05, 4.69) is 28.2 Å². The molecular formula is C33H62N6O6S. The fourth-order valence-corrected chi connectivity index (χ4v) is 7.10. The van der Waals surface area contributed by atoms with Crippen LogP contribution in [0.4, 0.5) is 4.79 Å². The van der Waals surface area contributed by atoms with E-state index in [0.29, 0.717) is 38.0 Å². The van der Waals surface area contributed by atoms with Gasteiger partial charge in [-0.1, -0.05) is 80.6 Å². The highest BCUT2D eigenvalue weighted by Crippen LogP contribution is 2.27. The minimum Gasteiger partial charge on any atom is -0.363 e. The fourth-order valence-electron chi connectivity index (χ4n) is 5.97. The van der Waals surface area contributed by atoms with E-state index in [0.717, 1.165) is 32.1 Å². The Bertz CT molecular complexity index is 1040. The number of urea groups is 1. The third kappa shape index (κ3) is 14.1. The molecule has 4 unspecified atom stereocenters. The fraction of sp³-hybridized carbons (Fsp3) is 0.848. The Morgan fingerprint density at radius 2 is 1.59 bits per heavy atom. The summed E-state index contributed by atoms with van der Waals surface area (Å²) in [5, 5.41) is 11.7. The number of unbranched alkanes of at least 4 members (excludes halogenated alkanes) is 1. The Hall–Kier alpha value is -2.54. The van der Waals surface area contributed by atoms with Crippen LogP contribution in [0.25, 0.3) is 0 Å². The van der Waals surface area contributed by atoms with Crippen LogP contribution in [-0.2, 0) is 30.0 Å². The molecule has 12 nitrogen and oxygen atoms in total. The van der Waals surface area contributed by atoms with Gasteiger partial charge in [0.2, 0.25) is 17.6 Å². The molecule has 2 rings (SSSR count). The van der Waals surface area contributed by atoms with Crippen molar-refractivity contribution in [2.24, 2.45) is 17.1 Å². The van der Waals surface area contributed by atoms with Crippen molar-refractivity contribution in [2.45, 2.75) is 136 Å². The van der Waals surface area contributed by atoms with Crippen LogP contribution in [0.2, 0.25) is 0 Å². The summed E-state index contributed by atoms with van der Waals surface area (Å²) in [6.07, 6.45) is 8.34. The summed E-state index contributed by atoms with van der Waals surface area (Å²) < 4.78 is 12.3. The van der Waals surface area contributed by atoms with Crippen LogP contribution in [0.3, 0.4) is 0 Å². The lowest BCUT2D eigenvalue weighted by atomic mass is 9.85. The lowest BCUT2D eigenvalue weighted by Gasteiger charge is -2.38.